The summed E-state index contributed by atoms with van der Waals surface area (Å²) < 4.78 is 72.8. The van der Waals surface area contributed by atoms with Gasteiger partial charge in [-0.25, -0.2) is 24.0 Å². The molecule has 1 N–H and O–H groups in total. The highest BCUT2D eigenvalue weighted by Gasteiger charge is 2.69. The molecule has 1 spiro atoms. The third-order valence-corrected chi connectivity index (χ3v) is 21.7. The molecule has 5 aromatic carbocycles. The van der Waals surface area contributed by atoms with E-state index in [9.17, 15) is 29.1 Å². The summed E-state index contributed by atoms with van der Waals surface area (Å²) in [5, 5.41) is 12.7. The zero-order valence-corrected chi connectivity index (χ0v) is 52.2. The molecule has 21 atom stereocenters. The zero-order valence-electron chi connectivity index (χ0n) is 52.2. The molecule has 480 valence electrons. The van der Waals surface area contributed by atoms with Crippen LogP contribution in [0.25, 0.3) is 0 Å². The second-order valence-corrected chi connectivity index (χ2v) is 27.0. The predicted molar refractivity (Wildman–Crippen MR) is 330 cm³/mol. The number of allylic oxidation sites excluding steroid dienone is 1. The van der Waals surface area contributed by atoms with Crippen molar-refractivity contribution >= 4 is 29.8 Å². The third kappa shape index (κ3) is 12.3. The second kappa shape index (κ2) is 26.1. The Bertz CT molecular complexity index is 3410. The molecule has 0 amide bonds. The number of aliphatic hydroxyl groups is 1. The van der Waals surface area contributed by atoms with Gasteiger partial charge in [-0.15, -0.1) is 0 Å². The van der Waals surface area contributed by atoms with Crippen molar-refractivity contribution in [2.45, 2.75) is 172 Å². The minimum absolute atomic E-state index is 0.118. The molecule has 0 radical (unpaired) electrons. The lowest BCUT2D eigenvalue weighted by molar-refractivity contribution is -0.367. The van der Waals surface area contributed by atoms with Gasteiger partial charge in [0.1, 0.15) is 18.8 Å². The van der Waals surface area contributed by atoms with Crippen molar-refractivity contribution in [2.24, 2.45) is 46.3 Å². The summed E-state index contributed by atoms with van der Waals surface area (Å²) in [6.07, 6.45) is -5.38. The van der Waals surface area contributed by atoms with Crippen LogP contribution in [0.4, 0.5) is 0 Å². The first-order chi connectivity index (χ1) is 44.0. The van der Waals surface area contributed by atoms with E-state index in [1.807, 2.05) is 0 Å². The summed E-state index contributed by atoms with van der Waals surface area (Å²) in [6.45, 7) is 11.4. The highest BCUT2D eigenvalue weighted by Crippen LogP contribution is 2.71. The number of aliphatic hydroxyl groups excluding tert-OH is 1. The smallest absolute Gasteiger partial charge is 0.338 e. The fourth-order valence-corrected chi connectivity index (χ4v) is 16.9. The van der Waals surface area contributed by atoms with E-state index < -0.39 is 110 Å². The van der Waals surface area contributed by atoms with Gasteiger partial charge in [-0.3, -0.25) is 0 Å². The van der Waals surface area contributed by atoms with Crippen molar-refractivity contribution in [3.05, 3.63) is 191 Å². The average molecular weight is 1240 g/mol. The first-order valence-electron chi connectivity index (χ1n) is 32.6. The zero-order chi connectivity index (χ0) is 63.2. The summed E-state index contributed by atoms with van der Waals surface area (Å²) in [5.41, 5.74) is 2.15. The molecule has 91 heavy (non-hydrogen) atoms. The molecular formula is C74H82O17. The van der Waals surface area contributed by atoms with Gasteiger partial charge in [0.05, 0.1) is 52.7 Å². The Morgan fingerprint density at radius 2 is 1.07 bits per heavy atom. The van der Waals surface area contributed by atoms with Crippen molar-refractivity contribution < 1.29 is 81.2 Å². The predicted octanol–water partition coefficient (Wildman–Crippen LogP) is 11.7. The number of rotatable bonds is 15. The lowest BCUT2D eigenvalue weighted by Crippen LogP contribution is -2.66. The molecule has 4 aliphatic carbocycles. The summed E-state index contributed by atoms with van der Waals surface area (Å²) >= 11 is 0. The van der Waals surface area contributed by atoms with Crippen molar-refractivity contribution in [1.29, 1.82) is 0 Å². The van der Waals surface area contributed by atoms with Gasteiger partial charge in [-0.2, -0.15) is 0 Å². The Hall–Kier alpha value is -7.09. The minimum Gasteiger partial charge on any atom is -0.459 e. The molecule has 17 nitrogen and oxygen atoms in total. The highest BCUT2D eigenvalue weighted by molar-refractivity contribution is 5.92. The van der Waals surface area contributed by atoms with Gasteiger partial charge < -0.3 is 57.2 Å². The number of carbonyl (C=O) groups is 5. The maximum Gasteiger partial charge on any atom is 0.338 e. The van der Waals surface area contributed by atoms with Crippen LogP contribution in [0.2, 0.25) is 0 Å². The molecule has 0 aromatic heterocycles. The minimum atomic E-state index is -1.77. The molecule has 13 rings (SSSR count). The quantitative estimate of drug-likeness (QED) is 0.0587. The molecule has 8 aliphatic rings. The summed E-state index contributed by atoms with van der Waals surface area (Å²) in [4.78, 5) is 71.1. The maximum absolute atomic E-state index is 14.5. The van der Waals surface area contributed by atoms with Crippen molar-refractivity contribution in [1.82, 2.24) is 0 Å². The summed E-state index contributed by atoms with van der Waals surface area (Å²) in [7, 11) is 0. The van der Waals surface area contributed by atoms with Crippen molar-refractivity contribution in [3.8, 4) is 0 Å². The summed E-state index contributed by atoms with van der Waals surface area (Å²) in [6, 6.07) is 41.1. The van der Waals surface area contributed by atoms with Gasteiger partial charge in [-0.1, -0.05) is 130 Å². The van der Waals surface area contributed by atoms with Gasteiger partial charge in [0.15, 0.2) is 48.9 Å². The molecule has 4 saturated heterocycles. The van der Waals surface area contributed by atoms with Crippen molar-refractivity contribution in [3.63, 3.8) is 0 Å². The van der Waals surface area contributed by atoms with Gasteiger partial charge >= 0.3 is 29.8 Å². The standard InChI is InChI=1S/C74H82O17/c1-43-33-38-74(82-41-43)44(2)58-56(91-74)40-55-53-32-31-51-39-52(34-36-72(51,4)54(53)35-37-73(55,58)5)84-71-63(61(87-67(78)48-25-15-8-16-26-48)59(75)57(85-71)42-81-65(76)46-21-11-6-12-22-46)90-70-64(89-69(80)50-29-19-10-20-30-50)62(88-68(79)49-27-17-9-18-28-49)60(45(3)83-70)86-66(77)47-23-13-7-14-24-47/h6-31,43-45,52-64,70-71,75H,32-42H2,1-5H3. The number of ether oxygens (including phenoxy) is 11. The second-order valence-electron chi connectivity index (χ2n) is 27.0. The maximum atomic E-state index is 14.5. The van der Waals surface area contributed by atoms with Gasteiger partial charge in [0.2, 0.25) is 0 Å². The largest absolute Gasteiger partial charge is 0.459 e. The molecule has 5 aromatic rings. The Balaban J connectivity index is 0.838. The third-order valence-electron chi connectivity index (χ3n) is 21.7. The van der Waals surface area contributed by atoms with Crippen molar-refractivity contribution in [2.75, 3.05) is 13.2 Å². The van der Waals surface area contributed by atoms with Gasteiger partial charge in [0, 0.05) is 12.3 Å². The lowest BCUT2D eigenvalue weighted by atomic mass is 9.47. The van der Waals surface area contributed by atoms with Crippen LogP contribution in [-0.4, -0.2) is 128 Å². The van der Waals surface area contributed by atoms with Gasteiger partial charge in [0.25, 0.3) is 0 Å². The number of hydrogen-bond acceptors (Lipinski definition) is 17. The van der Waals surface area contributed by atoms with E-state index in [1.54, 1.807) is 159 Å². The Morgan fingerprint density at radius 3 is 1.62 bits per heavy atom. The number of carbonyl (C=O) groups excluding carboxylic acids is 5. The van der Waals surface area contributed by atoms with Crippen LogP contribution in [0.15, 0.2) is 163 Å². The normalized spacial score (nSPS) is 37.3. The molecule has 7 fully saturated rings. The van der Waals surface area contributed by atoms with Gasteiger partial charge in [-0.05, 0) is 159 Å². The number of benzene rings is 5. The highest BCUT2D eigenvalue weighted by atomic mass is 16.8. The first-order valence-corrected chi connectivity index (χ1v) is 32.6. The van der Waals surface area contributed by atoms with E-state index in [0.717, 1.165) is 51.6 Å². The van der Waals surface area contributed by atoms with Crippen LogP contribution in [0, 0.1) is 46.3 Å². The molecule has 17 heteroatoms. The van der Waals surface area contributed by atoms with Crippen LogP contribution in [0.3, 0.4) is 0 Å². The fraction of sp³-hybridized carbons (Fsp3) is 0.500. The molecule has 4 aliphatic heterocycles. The molecule has 0 bridgehead atoms. The monoisotopic (exact) mass is 1240 g/mol. The molecule has 4 heterocycles. The fourth-order valence-electron chi connectivity index (χ4n) is 16.9. The van der Waals surface area contributed by atoms with E-state index in [-0.39, 0.29) is 44.8 Å². The Kier molecular flexibility index (Phi) is 18.0. The number of hydrogen-bond donors (Lipinski definition) is 1. The van der Waals surface area contributed by atoms with E-state index in [2.05, 4.69) is 33.8 Å². The van der Waals surface area contributed by atoms with Crippen LogP contribution in [0.1, 0.15) is 144 Å². The molecule has 3 saturated carbocycles. The number of fused-ring (bicyclic) bond motifs is 7. The Labute approximate surface area is 531 Å². The van der Waals surface area contributed by atoms with Crippen LogP contribution in [0.5, 0.6) is 0 Å². The van der Waals surface area contributed by atoms with E-state index in [1.165, 1.54) is 5.57 Å². The van der Waals surface area contributed by atoms with Crippen LogP contribution < -0.4 is 0 Å². The SMILES string of the molecule is CC1CCC2(OC1)OC1CC3C4CC=C5CC(OC6OC(COC(=O)c7ccccc7)C(O)C(OC(=O)c7ccccc7)C6OC6OC(C)C(OC(=O)c7ccccc7)C(OC(=O)c7ccccc7)C6OC(=O)c6ccccc6)CCC5(C)C4CCC3(C)C1C2C. The van der Waals surface area contributed by atoms with E-state index >= 15 is 0 Å². The summed E-state index contributed by atoms with van der Waals surface area (Å²) in [5.74, 6) is -1.82. The average Bonchev–Trinajstić information content (AvgIpc) is 1.57. The van der Waals surface area contributed by atoms with E-state index in [4.69, 9.17) is 52.1 Å². The Morgan fingerprint density at radius 1 is 0.549 bits per heavy atom. The van der Waals surface area contributed by atoms with Crippen LogP contribution in [-0.2, 0) is 52.1 Å². The first kappa shape index (κ1) is 62.7. The van der Waals surface area contributed by atoms with E-state index in [0.29, 0.717) is 48.3 Å². The van der Waals surface area contributed by atoms with Crippen LogP contribution >= 0.6 is 0 Å². The lowest BCUT2D eigenvalue weighted by Gasteiger charge is -2.58. The number of esters is 5. The topological polar surface area (TPSA) is 207 Å². The molecular weight excluding hydrogens is 1160 g/mol. The molecule has 21 unspecified atom stereocenters.